The maximum Gasteiger partial charge on any atom is 0.316 e. The van der Waals surface area contributed by atoms with E-state index in [0.717, 1.165) is 47.8 Å². The summed E-state index contributed by atoms with van der Waals surface area (Å²) >= 11 is 6.20. The number of H-pyrrole nitrogens is 1. The van der Waals surface area contributed by atoms with Crippen molar-refractivity contribution in [2.45, 2.75) is 57.8 Å². The monoisotopic (exact) mass is 696 g/mol. The van der Waals surface area contributed by atoms with Crippen LogP contribution in [0.15, 0.2) is 61.1 Å². The lowest BCUT2D eigenvalue weighted by molar-refractivity contribution is -0.193. The van der Waals surface area contributed by atoms with Gasteiger partial charge in [-0.1, -0.05) is 35.9 Å². The van der Waals surface area contributed by atoms with Crippen LogP contribution in [0, 0.1) is 23.6 Å². The average molecular weight is 697 g/mol. The van der Waals surface area contributed by atoms with Crippen LogP contribution in [0.2, 0.25) is 5.02 Å². The molecule has 3 aliphatic carbocycles. The molecule has 256 valence electrons. The first-order chi connectivity index (χ1) is 24.2. The maximum absolute atomic E-state index is 15.5. The molecule has 4 heterocycles. The van der Waals surface area contributed by atoms with Gasteiger partial charge in [0.25, 0.3) is 0 Å². The first-order valence-electron chi connectivity index (χ1n) is 16.7. The SMILES string of the molecule is COc1ccc2cc([C@H](C)C(=O)OC(C)OC(=O)[C@H]3C4CCC(CC4)[C@@H]3n3cc(F)c4cnc(-c5[nH]nc6ncc(Cl)cc56)nc43)ccc2c1. The Bertz CT molecular complexity index is 2280. The molecule has 50 heavy (non-hydrogen) atoms. The number of fused-ring (bicyclic) bond motifs is 6. The number of methoxy groups -OCH3 is 1. The van der Waals surface area contributed by atoms with Crippen LogP contribution in [0.3, 0.4) is 0 Å². The van der Waals surface area contributed by atoms with E-state index in [2.05, 4.69) is 20.2 Å². The largest absolute Gasteiger partial charge is 0.497 e. The van der Waals surface area contributed by atoms with Crippen molar-refractivity contribution in [3.63, 3.8) is 0 Å². The molecule has 9 rings (SSSR count). The van der Waals surface area contributed by atoms with E-state index in [0.29, 0.717) is 33.2 Å². The van der Waals surface area contributed by atoms with Gasteiger partial charge in [-0.15, -0.1) is 0 Å². The Morgan fingerprint density at radius 2 is 1.72 bits per heavy atom. The van der Waals surface area contributed by atoms with Crippen molar-refractivity contribution in [3.8, 4) is 17.3 Å². The van der Waals surface area contributed by atoms with E-state index in [4.69, 9.17) is 30.8 Å². The Morgan fingerprint density at radius 1 is 0.960 bits per heavy atom. The maximum atomic E-state index is 15.5. The summed E-state index contributed by atoms with van der Waals surface area (Å²) in [7, 11) is 1.62. The minimum absolute atomic E-state index is 0.0298. The van der Waals surface area contributed by atoms with Gasteiger partial charge in [0.05, 0.1) is 40.8 Å². The molecule has 1 N–H and O–H groups in total. The quantitative estimate of drug-likeness (QED) is 0.127. The Morgan fingerprint density at radius 3 is 2.52 bits per heavy atom. The van der Waals surface area contributed by atoms with E-state index in [1.165, 1.54) is 18.6 Å². The van der Waals surface area contributed by atoms with Gasteiger partial charge in [-0.25, -0.2) is 19.3 Å². The molecule has 0 spiro atoms. The summed E-state index contributed by atoms with van der Waals surface area (Å²) in [5.74, 6) is -1.46. The van der Waals surface area contributed by atoms with Crippen LogP contribution < -0.4 is 4.74 Å². The number of nitrogens with one attached hydrogen (secondary N) is 1. The zero-order chi connectivity index (χ0) is 34.7. The lowest BCUT2D eigenvalue weighted by Crippen LogP contribution is -2.46. The van der Waals surface area contributed by atoms with Gasteiger partial charge in [0.2, 0.25) is 6.29 Å². The molecule has 3 aliphatic rings. The van der Waals surface area contributed by atoms with Crippen molar-refractivity contribution in [2.75, 3.05) is 7.11 Å². The highest BCUT2D eigenvalue weighted by molar-refractivity contribution is 6.31. The number of carbonyl (C=O) groups excluding carboxylic acids is 2. The average Bonchev–Trinajstić information content (AvgIpc) is 3.70. The van der Waals surface area contributed by atoms with Crippen molar-refractivity contribution in [1.82, 2.24) is 29.7 Å². The fraction of sp³-hybridized carbons (Fsp3) is 0.351. The predicted molar refractivity (Wildman–Crippen MR) is 184 cm³/mol. The lowest BCUT2D eigenvalue weighted by atomic mass is 9.61. The molecule has 1 unspecified atom stereocenters. The highest BCUT2D eigenvalue weighted by Crippen LogP contribution is 2.52. The third-order valence-electron chi connectivity index (χ3n) is 10.4. The minimum Gasteiger partial charge on any atom is -0.497 e. The second kappa shape index (κ2) is 12.7. The number of esters is 2. The van der Waals surface area contributed by atoms with Crippen LogP contribution >= 0.6 is 11.6 Å². The van der Waals surface area contributed by atoms with Crippen LogP contribution in [0.4, 0.5) is 4.39 Å². The van der Waals surface area contributed by atoms with Crippen LogP contribution in [0.5, 0.6) is 5.75 Å². The molecular formula is C37H34ClFN6O5. The van der Waals surface area contributed by atoms with Crippen LogP contribution in [-0.4, -0.2) is 55.1 Å². The summed E-state index contributed by atoms with van der Waals surface area (Å²) in [6, 6.07) is 12.8. The van der Waals surface area contributed by atoms with E-state index in [-0.39, 0.29) is 17.2 Å². The standard InChI is InChI=1S/C37H34ClFN6O5/c1-18(22-8-9-24-13-26(48-3)11-10-23(24)12-22)36(46)49-19(2)50-37(47)30-20-4-6-21(7-5-20)32(30)45-17-29(39)28-16-41-34(42-35(28)45)31-27-14-25(38)15-40-33(27)44-43-31/h8-21,30,32H,4-7H2,1-3H3,(H,40,43,44)/t18-,19?,20?,21?,30-,32-/m0/s1. The second-order valence-electron chi connectivity index (χ2n) is 13.3. The molecule has 0 aliphatic heterocycles. The van der Waals surface area contributed by atoms with Gasteiger partial charge in [-0.3, -0.25) is 14.7 Å². The second-order valence-corrected chi connectivity index (χ2v) is 13.7. The summed E-state index contributed by atoms with van der Waals surface area (Å²) in [6.45, 7) is 3.31. The van der Waals surface area contributed by atoms with Gasteiger partial charge in [-0.2, -0.15) is 5.10 Å². The number of rotatable bonds is 8. The van der Waals surface area contributed by atoms with Crippen LogP contribution in [-0.2, 0) is 19.1 Å². The Kier molecular flexibility index (Phi) is 8.13. The van der Waals surface area contributed by atoms with E-state index in [1.54, 1.807) is 31.6 Å². The summed E-state index contributed by atoms with van der Waals surface area (Å²) in [4.78, 5) is 40.7. The highest BCUT2D eigenvalue weighted by atomic mass is 35.5. The third-order valence-corrected chi connectivity index (χ3v) is 10.6. The molecule has 11 nitrogen and oxygen atoms in total. The van der Waals surface area contributed by atoms with Gasteiger partial charge >= 0.3 is 11.9 Å². The number of aromatic amines is 1. The lowest BCUT2D eigenvalue weighted by Gasteiger charge is -2.48. The zero-order valence-corrected chi connectivity index (χ0v) is 28.4. The van der Waals surface area contributed by atoms with Crippen LogP contribution in [0.1, 0.15) is 57.1 Å². The molecule has 3 fully saturated rings. The minimum atomic E-state index is -1.12. The molecule has 13 heteroatoms. The summed E-state index contributed by atoms with van der Waals surface area (Å²) in [6.07, 6.45) is 6.74. The molecule has 4 aromatic heterocycles. The van der Waals surface area contributed by atoms with Crippen molar-refractivity contribution in [1.29, 1.82) is 0 Å². The van der Waals surface area contributed by atoms with E-state index >= 15 is 4.39 Å². The first-order valence-corrected chi connectivity index (χ1v) is 17.1. The summed E-state index contributed by atoms with van der Waals surface area (Å²) < 4.78 is 34.1. The molecular weight excluding hydrogens is 663 g/mol. The van der Waals surface area contributed by atoms with Crippen molar-refractivity contribution in [3.05, 3.63) is 77.5 Å². The van der Waals surface area contributed by atoms with Crippen LogP contribution in [0.25, 0.3) is 44.4 Å². The molecule has 0 radical (unpaired) electrons. The van der Waals surface area contributed by atoms with E-state index in [9.17, 15) is 9.59 Å². The molecule has 3 saturated carbocycles. The number of benzene rings is 2. The topological polar surface area (TPSA) is 134 Å². The number of carbonyl (C=O) groups is 2. The normalized spacial score (nSPS) is 21.4. The molecule has 2 bridgehead atoms. The van der Waals surface area contributed by atoms with Gasteiger partial charge in [0.1, 0.15) is 17.1 Å². The number of ether oxygens (including phenoxy) is 3. The molecule has 4 atom stereocenters. The fourth-order valence-electron chi connectivity index (χ4n) is 7.84. The van der Waals surface area contributed by atoms with Crippen molar-refractivity contribution in [2.24, 2.45) is 17.8 Å². The van der Waals surface area contributed by atoms with Gasteiger partial charge in [0, 0.05) is 25.5 Å². The summed E-state index contributed by atoms with van der Waals surface area (Å²) in [5.41, 5.74) is 2.09. The smallest absolute Gasteiger partial charge is 0.316 e. The van der Waals surface area contributed by atoms with Gasteiger partial charge in [0.15, 0.2) is 17.3 Å². The molecule has 6 aromatic rings. The van der Waals surface area contributed by atoms with E-state index < -0.39 is 41.9 Å². The number of hydrogen-bond acceptors (Lipinski definition) is 9. The Hall–Kier alpha value is -5.10. The van der Waals surface area contributed by atoms with Gasteiger partial charge < -0.3 is 18.8 Å². The first kappa shape index (κ1) is 32.1. The third kappa shape index (κ3) is 5.61. The predicted octanol–water partition coefficient (Wildman–Crippen LogP) is 7.54. The molecule has 0 saturated heterocycles. The highest BCUT2D eigenvalue weighted by Gasteiger charge is 2.50. The van der Waals surface area contributed by atoms with Gasteiger partial charge in [-0.05, 0) is 79.0 Å². The summed E-state index contributed by atoms with van der Waals surface area (Å²) in [5, 5.41) is 10.4. The van der Waals surface area contributed by atoms with Crippen molar-refractivity contribution >= 4 is 56.4 Å². The number of halogens is 2. The van der Waals surface area contributed by atoms with Crippen molar-refractivity contribution < 1.29 is 28.2 Å². The number of hydrogen-bond donors (Lipinski definition) is 1. The molecule has 2 aromatic carbocycles. The number of pyridine rings is 1. The number of nitrogens with zero attached hydrogens (tertiary/aromatic N) is 5. The number of aromatic nitrogens is 6. The Labute approximate surface area is 291 Å². The van der Waals surface area contributed by atoms with E-state index in [1.807, 2.05) is 36.4 Å². The fourth-order valence-corrected chi connectivity index (χ4v) is 8.00. The molecule has 0 amide bonds. The zero-order valence-electron chi connectivity index (χ0n) is 27.6. The Balaban J connectivity index is 1.04.